The first-order valence-electron chi connectivity index (χ1n) is 5.14. The van der Waals surface area contributed by atoms with Gasteiger partial charge in [0, 0.05) is 27.2 Å². The van der Waals surface area contributed by atoms with Crippen LogP contribution >= 0.6 is 22.6 Å². The monoisotopic (exact) mass is 338 g/mol. The maximum Gasteiger partial charge on any atom is 0.255 e. The van der Waals surface area contributed by atoms with Crippen LogP contribution in [0.15, 0.2) is 42.7 Å². The van der Waals surface area contributed by atoms with Crippen LogP contribution in [-0.4, -0.2) is 10.9 Å². The van der Waals surface area contributed by atoms with Crippen LogP contribution in [-0.2, 0) is 0 Å². The molecule has 0 saturated carbocycles. The zero-order valence-corrected chi connectivity index (χ0v) is 11.4. The van der Waals surface area contributed by atoms with Crippen molar-refractivity contribution in [3.8, 4) is 0 Å². The number of carbonyl (C=O) groups is 1. The van der Waals surface area contributed by atoms with E-state index in [2.05, 4.69) is 32.9 Å². The van der Waals surface area contributed by atoms with E-state index in [1.165, 1.54) is 0 Å². The molecule has 0 unspecified atom stereocenters. The molecule has 1 amide bonds. The van der Waals surface area contributed by atoms with Crippen molar-refractivity contribution in [3.05, 3.63) is 57.4 Å². The summed E-state index contributed by atoms with van der Waals surface area (Å²) in [5.74, 6) is -0.0992. The fourth-order valence-corrected chi connectivity index (χ4v) is 1.98. The molecule has 0 aliphatic heterocycles. The second-order valence-corrected chi connectivity index (χ2v) is 4.90. The molecule has 1 aromatic carbocycles. The highest BCUT2D eigenvalue weighted by Crippen LogP contribution is 2.14. The van der Waals surface area contributed by atoms with E-state index in [1.807, 2.05) is 25.1 Å². The Morgan fingerprint density at radius 1 is 1.35 bits per heavy atom. The standard InChI is InChI=1S/C13H11IN2O/c1-9-8-15-6-5-12(9)16-13(17)10-3-2-4-11(14)7-10/h2-8H,1H3,(H,15,16,17). The fourth-order valence-electron chi connectivity index (χ4n) is 1.44. The Bertz CT molecular complexity index is 555. The summed E-state index contributed by atoms with van der Waals surface area (Å²) < 4.78 is 1.04. The highest BCUT2D eigenvalue weighted by Gasteiger charge is 2.07. The molecule has 1 N–H and O–H groups in total. The van der Waals surface area contributed by atoms with E-state index < -0.39 is 0 Å². The van der Waals surface area contributed by atoms with Gasteiger partial charge in [0.25, 0.3) is 5.91 Å². The summed E-state index contributed by atoms with van der Waals surface area (Å²) in [6.45, 7) is 1.91. The zero-order valence-electron chi connectivity index (χ0n) is 9.27. The Morgan fingerprint density at radius 2 is 2.18 bits per heavy atom. The van der Waals surface area contributed by atoms with Crippen molar-refractivity contribution in [2.45, 2.75) is 6.92 Å². The summed E-state index contributed by atoms with van der Waals surface area (Å²) >= 11 is 2.19. The number of anilines is 1. The lowest BCUT2D eigenvalue weighted by Gasteiger charge is -2.07. The van der Waals surface area contributed by atoms with Gasteiger partial charge >= 0.3 is 0 Å². The van der Waals surface area contributed by atoms with Crippen LogP contribution in [0.4, 0.5) is 5.69 Å². The second-order valence-electron chi connectivity index (χ2n) is 3.66. The lowest BCUT2D eigenvalue weighted by atomic mass is 10.2. The van der Waals surface area contributed by atoms with Gasteiger partial charge in [-0.25, -0.2) is 0 Å². The van der Waals surface area contributed by atoms with Gasteiger partial charge in [-0.15, -0.1) is 0 Å². The van der Waals surface area contributed by atoms with Gasteiger partial charge in [-0.2, -0.15) is 0 Å². The van der Waals surface area contributed by atoms with E-state index in [0.29, 0.717) is 5.56 Å². The third kappa shape index (κ3) is 3.03. The Morgan fingerprint density at radius 3 is 2.88 bits per heavy atom. The van der Waals surface area contributed by atoms with Crippen molar-refractivity contribution in [2.24, 2.45) is 0 Å². The number of hydrogen-bond acceptors (Lipinski definition) is 2. The number of benzene rings is 1. The average Bonchev–Trinajstić information content (AvgIpc) is 2.32. The average molecular weight is 338 g/mol. The third-order valence-electron chi connectivity index (χ3n) is 2.36. The Labute approximate surface area is 113 Å². The van der Waals surface area contributed by atoms with Crippen LogP contribution in [0.5, 0.6) is 0 Å². The van der Waals surface area contributed by atoms with Crippen LogP contribution in [0, 0.1) is 10.5 Å². The molecule has 0 saturated heterocycles. The summed E-state index contributed by atoms with van der Waals surface area (Å²) in [6.07, 6.45) is 3.39. The molecule has 0 aliphatic rings. The number of aryl methyl sites for hydroxylation is 1. The topological polar surface area (TPSA) is 42.0 Å². The number of nitrogens with one attached hydrogen (secondary N) is 1. The van der Waals surface area contributed by atoms with Crippen molar-refractivity contribution in [1.29, 1.82) is 0 Å². The van der Waals surface area contributed by atoms with Gasteiger partial charge in [-0.1, -0.05) is 6.07 Å². The molecular formula is C13H11IN2O. The zero-order chi connectivity index (χ0) is 12.3. The van der Waals surface area contributed by atoms with E-state index in [-0.39, 0.29) is 5.91 Å². The van der Waals surface area contributed by atoms with Crippen LogP contribution in [0.2, 0.25) is 0 Å². The molecular weight excluding hydrogens is 327 g/mol. The Balaban J connectivity index is 2.20. The van der Waals surface area contributed by atoms with Gasteiger partial charge in [-0.05, 0) is 59.3 Å². The van der Waals surface area contributed by atoms with E-state index in [0.717, 1.165) is 14.8 Å². The number of rotatable bonds is 2. The Hall–Kier alpha value is -1.43. The Kier molecular flexibility index (Phi) is 3.73. The van der Waals surface area contributed by atoms with Crippen LogP contribution < -0.4 is 5.32 Å². The van der Waals surface area contributed by atoms with Gasteiger partial charge in [0.05, 0.1) is 0 Å². The summed E-state index contributed by atoms with van der Waals surface area (Å²) in [6, 6.07) is 9.27. The number of halogens is 1. The molecule has 1 heterocycles. The molecule has 3 nitrogen and oxygen atoms in total. The second kappa shape index (κ2) is 5.27. The SMILES string of the molecule is Cc1cnccc1NC(=O)c1cccc(I)c1. The molecule has 0 spiro atoms. The number of carbonyl (C=O) groups excluding carboxylic acids is 1. The maximum absolute atomic E-state index is 12.0. The van der Waals surface area contributed by atoms with Crippen LogP contribution in [0.1, 0.15) is 15.9 Å². The summed E-state index contributed by atoms with van der Waals surface area (Å²) in [5.41, 5.74) is 2.41. The van der Waals surface area contributed by atoms with Crippen LogP contribution in [0.3, 0.4) is 0 Å². The lowest BCUT2D eigenvalue weighted by molar-refractivity contribution is 0.102. The molecule has 1 aromatic heterocycles. The molecule has 0 radical (unpaired) electrons. The first kappa shape index (κ1) is 12.0. The molecule has 86 valence electrons. The fraction of sp³-hybridized carbons (Fsp3) is 0.0769. The summed E-state index contributed by atoms with van der Waals surface area (Å²) in [4.78, 5) is 16.0. The minimum atomic E-state index is -0.0992. The van der Waals surface area contributed by atoms with Crippen molar-refractivity contribution in [2.75, 3.05) is 5.32 Å². The number of aromatic nitrogens is 1. The van der Waals surface area contributed by atoms with Crippen molar-refractivity contribution in [3.63, 3.8) is 0 Å². The largest absolute Gasteiger partial charge is 0.322 e. The molecule has 0 bridgehead atoms. The third-order valence-corrected chi connectivity index (χ3v) is 3.03. The van der Waals surface area contributed by atoms with Gasteiger partial charge in [0.15, 0.2) is 0 Å². The molecule has 2 aromatic rings. The molecule has 0 fully saturated rings. The normalized spacial score (nSPS) is 10.0. The molecule has 2 rings (SSSR count). The van der Waals surface area contributed by atoms with E-state index in [1.54, 1.807) is 24.5 Å². The highest BCUT2D eigenvalue weighted by molar-refractivity contribution is 14.1. The van der Waals surface area contributed by atoms with E-state index >= 15 is 0 Å². The number of pyridine rings is 1. The quantitative estimate of drug-likeness (QED) is 0.854. The van der Waals surface area contributed by atoms with Gasteiger partial charge in [0.1, 0.15) is 0 Å². The maximum atomic E-state index is 12.0. The lowest BCUT2D eigenvalue weighted by Crippen LogP contribution is -2.12. The molecule has 17 heavy (non-hydrogen) atoms. The van der Waals surface area contributed by atoms with E-state index in [4.69, 9.17) is 0 Å². The van der Waals surface area contributed by atoms with Gasteiger partial charge in [0.2, 0.25) is 0 Å². The van der Waals surface area contributed by atoms with Crippen molar-refractivity contribution >= 4 is 34.2 Å². The highest BCUT2D eigenvalue weighted by atomic mass is 127. The van der Waals surface area contributed by atoms with E-state index in [9.17, 15) is 4.79 Å². The molecule has 0 atom stereocenters. The van der Waals surface area contributed by atoms with Crippen molar-refractivity contribution < 1.29 is 4.79 Å². The minimum Gasteiger partial charge on any atom is -0.322 e. The number of nitrogens with zero attached hydrogens (tertiary/aromatic N) is 1. The van der Waals surface area contributed by atoms with Crippen molar-refractivity contribution in [1.82, 2.24) is 4.98 Å². The first-order valence-corrected chi connectivity index (χ1v) is 6.22. The number of amides is 1. The summed E-state index contributed by atoms with van der Waals surface area (Å²) in [7, 11) is 0. The summed E-state index contributed by atoms with van der Waals surface area (Å²) in [5, 5.41) is 2.87. The molecule has 4 heteroatoms. The van der Waals surface area contributed by atoms with Crippen LogP contribution in [0.25, 0.3) is 0 Å². The number of hydrogen-bond donors (Lipinski definition) is 1. The first-order chi connectivity index (χ1) is 8.16. The minimum absolute atomic E-state index is 0.0992. The predicted molar refractivity (Wildman–Crippen MR) is 76.1 cm³/mol. The smallest absolute Gasteiger partial charge is 0.255 e. The predicted octanol–water partition coefficient (Wildman–Crippen LogP) is 3.25. The van der Waals surface area contributed by atoms with Gasteiger partial charge < -0.3 is 5.32 Å². The molecule has 0 aliphatic carbocycles. The van der Waals surface area contributed by atoms with Gasteiger partial charge in [-0.3, -0.25) is 9.78 Å².